The summed E-state index contributed by atoms with van der Waals surface area (Å²) in [5, 5.41) is 5.81. The number of benzene rings is 2. The molecule has 2 rings (SSSR count). The summed E-state index contributed by atoms with van der Waals surface area (Å²) in [6, 6.07) is 13.8. The van der Waals surface area contributed by atoms with E-state index in [-0.39, 0.29) is 41.0 Å². The number of rotatable bonds is 8. The average molecular weight is 429 g/mol. The molecule has 0 aliphatic heterocycles. The molecule has 0 saturated carbocycles. The highest BCUT2D eigenvalue weighted by Gasteiger charge is 2.31. The minimum atomic E-state index is -4.80. The molecular weight excluding hydrogens is 407 g/mol. The Kier molecular flexibility index (Phi) is 7.89. The standard InChI is InChI=1S/C19H22F3N3O3S/c1-2-23-18(24-12-13-29(26,27)16-9-4-3-5-10-16)25-14-15-8-6-7-11-17(15)28-19(20,21)22/h3-11H,2,12-14H2,1H3,(H2,23,24,25). The molecule has 158 valence electrons. The van der Waals surface area contributed by atoms with Gasteiger partial charge in [-0.25, -0.2) is 13.4 Å². The molecule has 2 aromatic carbocycles. The van der Waals surface area contributed by atoms with Crippen LogP contribution in [0.15, 0.2) is 64.5 Å². The first-order chi connectivity index (χ1) is 13.7. The van der Waals surface area contributed by atoms with Crippen LogP contribution < -0.4 is 15.4 Å². The van der Waals surface area contributed by atoms with Crippen LogP contribution in [0.4, 0.5) is 13.2 Å². The lowest BCUT2D eigenvalue weighted by Crippen LogP contribution is -2.39. The van der Waals surface area contributed by atoms with Gasteiger partial charge in [0.1, 0.15) is 5.75 Å². The van der Waals surface area contributed by atoms with E-state index in [1.165, 1.54) is 30.3 Å². The number of nitrogens with zero attached hydrogens (tertiary/aromatic N) is 1. The van der Waals surface area contributed by atoms with E-state index in [9.17, 15) is 21.6 Å². The Bertz CT molecular complexity index is 917. The quantitative estimate of drug-likeness (QED) is 0.498. The summed E-state index contributed by atoms with van der Waals surface area (Å²) in [5.41, 5.74) is 0.249. The molecule has 0 spiro atoms. The monoisotopic (exact) mass is 429 g/mol. The Morgan fingerprint density at radius 1 is 1.03 bits per heavy atom. The van der Waals surface area contributed by atoms with Gasteiger partial charge in [-0.1, -0.05) is 36.4 Å². The van der Waals surface area contributed by atoms with Gasteiger partial charge in [0, 0.05) is 18.7 Å². The second-order valence-corrected chi connectivity index (χ2v) is 8.02. The van der Waals surface area contributed by atoms with Crippen molar-refractivity contribution in [2.45, 2.75) is 24.7 Å². The summed E-state index contributed by atoms with van der Waals surface area (Å²) >= 11 is 0. The molecule has 6 nitrogen and oxygen atoms in total. The third-order valence-corrected chi connectivity index (χ3v) is 5.45. The number of hydrogen-bond acceptors (Lipinski definition) is 4. The molecule has 0 saturated heterocycles. The number of guanidine groups is 1. The van der Waals surface area contributed by atoms with Crippen LogP contribution in [0, 0.1) is 0 Å². The van der Waals surface area contributed by atoms with Crippen molar-refractivity contribution < 1.29 is 26.3 Å². The van der Waals surface area contributed by atoms with Crippen LogP contribution >= 0.6 is 0 Å². The largest absolute Gasteiger partial charge is 0.573 e. The predicted molar refractivity (Wildman–Crippen MR) is 104 cm³/mol. The SMILES string of the molecule is CCNC(=NCc1ccccc1OC(F)(F)F)NCCS(=O)(=O)c1ccccc1. The number of para-hydroxylation sites is 1. The summed E-state index contributed by atoms with van der Waals surface area (Å²) in [7, 11) is -3.46. The second kappa shape index (κ2) is 10.1. The third kappa shape index (κ3) is 7.65. The van der Waals surface area contributed by atoms with E-state index in [2.05, 4.69) is 20.4 Å². The van der Waals surface area contributed by atoms with Crippen molar-refractivity contribution in [2.75, 3.05) is 18.8 Å². The first kappa shape index (κ1) is 22.5. The van der Waals surface area contributed by atoms with Crippen LogP contribution in [0.3, 0.4) is 0 Å². The molecule has 29 heavy (non-hydrogen) atoms. The molecule has 0 radical (unpaired) electrons. The Morgan fingerprint density at radius 2 is 1.69 bits per heavy atom. The van der Waals surface area contributed by atoms with Crippen molar-refractivity contribution >= 4 is 15.8 Å². The molecule has 2 N–H and O–H groups in total. The highest BCUT2D eigenvalue weighted by Crippen LogP contribution is 2.26. The lowest BCUT2D eigenvalue weighted by Gasteiger charge is -2.14. The Balaban J connectivity index is 2.02. The van der Waals surface area contributed by atoms with Gasteiger partial charge in [0.15, 0.2) is 15.8 Å². The maximum Gasteiger partial charge on any atom is 0.573 e. The van der Waals surface area contributed by atoms with Crippen molar-refractivity contribution in [1.82, 2.24) is 10.6 Å². The van der Waals surface area contributed by atoms with Crippen LogP contribution in [0.5, 0.6) is 5.75 Å². The fourth-order valence-corrected chi connectivity index (χ4v) is 3.59. The van der Waals surface area contributed by atoms with Crippen LogP contribution in [0.2, 0.25) is 0 Å². The van der Waals surface area contributed by atoms with E-state index in [0.717, 1.165) is 0 Å². The van der Waals surface area contributed by atoms with Crippen molar-refractivity contribution in [3.63, 3.8) is 0 Å². The lowest BCUT2D eigenvalue weighted by molar-refractivity contribution is -0.274. The Hall–Kier alpha value is -2.75. The topological polar surface area (TPSA) is 79.8 Å². The van der Waals surface area contributed by atoms with Crippen LogP contribution in [-0.2, 0) is 16.4 Å². The highest BCUT2D eigenvalue weighted by molar-refractivity contribution is 7.91. The van der Waals surface area contributed by atoms with Gasteiger partial charge in [-0.05, 0) is 25.1 Å². The molecule has 0 heterocycles. The molecule has 0 atom stereocenters. The lowest BCUT2D eigenvalue weighted by atomic mass is 10.2. The summed E-state index contributed by atoms with van der Waals surface area (Å²) in [4.78, 5) is 4.44. The zero-order chi connectivity index (χ0) is 21.3. The molecular formula is C19H22F3N3O3S. The Morgan fingerprint density at radius 3 is 2.34 bits per heavy atom. The molecule has 10 heteroatoms. The van der Waals surface area contributed by atoms with Gasteiger partial charge >= 0.3 is 6.36 Å². The smallest absolute Gasteiger partial charge is 0.405 e. The minimum absolute atomic E-state index is 0.0764. The van der Waals surface area contributed by atoms with Gasteiger partial charge in [-0.2, -0.15) is 0 Å². The van der Waals surface area contributed by atoms with Crippen LogP contribution in [0.25, 0.3) is 0 Å². The Labute approximate surface area is 167 Å². The zero-order valence-electron chi connectivity index (χ0n) is 15.7. The van der Waals surface area contributed by atoms with Gasteiger partial charge in [0.05, 0.1) is 17.2 Å². The van der Waals surface area contributed by atoms with E-state index in [1.54, 1.807) is 24.3 Å². The first-order valence-electron chi connectivity index (χ1n) is 8.85. The molecule has 0 unspecified atom stereocenters. The molecule has 0 aliphatic carbocycles. The maximum absolute atomic E-state index is 12.5. The third-order valence-electron chi connectivity index (χ3n) is 3.72. The maximum atomic E-state index is 12.5. The van der Waals surface area contributed by atoms with Crippen LogP contribution in [0.1, 0.15) is 12.5 Å². The summed E-state index contributed by atoms with van der Waals surface area (Å²) in [6.45, 7) is 2.33. The summed E-state index contributed by atoms with van der Waals surface area (Å²) in [5.74, 6) is -0.196. The predicted octanol–water partition coefficient (Wildman–Crippen LogP) is 3.11. The van der Waals surface area contributed by atoms with E-state index in [1.807, 2.05) is 6.92 Å². The first-order valence-corrected chi connectivity index (χ1v) is 10.5. The minimum Gasteiger partial charge on any atom is -0.405 e. The van der Waals surface area contributed by atoms with Crippen molar-refractivity contribution in [2.24, 2.45) is 4.99 Å². The number of aliphatic imine (C=N–C) groups is 1. The van der Waals surface area contributed by atoms with Gasteiger partial charge in [-0.3, -0.25) is 0 Å². The highest BCUT2D eigenvalue weighted by atomic mass is 32.2. The normalized spacial score (nSPS) is 12.5. The van der Waals surface area contributed by atoms with E-state index in [0.29, 0.717) is 6.54 Å². The van der Waals surface area contributed by atoms with Gasteiger partial charge < -0.3 is 15.4 Å². The zero-order valence-corrected chi connectivity index (χ0v) is 16.6. The van der Waals surface area contributed by atoms with E-state index in [4.69, 9.17) is 0 Å². The van der Waals surface area contributed by atoms with Crippen LogP contribution in [-0.4, -0.2) is 39.6 Å². The number of ether oxygens (including phenoxy) is 1. The number of nitrogens with one attached hydrogen (secondary N) is 2. The van der Waals surface area contributed by atoms with Gasteiger partial charge in [0.25, 0.3) is 0 Å². The second-order valence-electron chi connectivity index (χ2n) is 5.91. The molecule has 2 aromatic rings. The fourth-order valence-electron chi connectivity index (χ4n) is 2.41. The molecule has 0 amide bonds. The summed E-state index contributed by atoms with van der Waals surface area (Å²) in [6.07, 6.45) is -4.80. The molecule has 0 bridgehead atoms. The summed E-state index contributed by atoms with van der Waals surface area (Å²) < 4.78 is 66.2. The molecule has 0 aliphatic rings. The molecule has 0 fully saturated rings. The number of halogens is 3. The van der Waals surface area contributed by atoms with Gasteiger partial charge in [0.2, 0.25) is 0 Å². The number of hydrogen-bond donors (Lipinski definition) is 2. The van der Waals surface area contributed by atoms with Gasteiger partial charge in [-0.15, -0.1) is 13.2 Å². The fraction of sp³-hybridized carbons (Fsp3) is 0.316. The van der Waals surface area contributed by atoms with E-state index >= 15 is 0 Å². The average Bonchev–Trinajstić information content (AvgIpc) is 2.66. The van der Waals surface area contributed by atoms with Crippen molar-refractivity contribution in [3.8, 4) is 5.75 Å². The van der Waals surface area contributed by atoms with Crippen molar-refractivity contribution in [1.29, 1.82) is 0 Å². The van der Waals surface area contributed by atoms with E-state index < -0.39 is 16.2 Å². The van der Waals surface area contributed by atoms with Crippen molar-refractivity contribution in [3.05, 3.63) is 60.2 Å². The number of sulfone groups is 1. The number of alkyl halides is 3. The molecule has 0 aromatic heterocycles.